The second kappa shape index (κ2) is 8.17. The van der Waals surface area contributed by atoms with Gasteiger partial charge in [0.05, 0.1) is 5.60 Å². The van der Waals surface area contributed by atoms with Crippen molar-refractivity contribution in [2.24, 2.45) is 5.92 Å². The first-order valence-electron chi connectivity index (χ1n) is 7.94. The highest BCUT2D eigenvalue weighted by molar-refractivity contribution is 5.47. The van der Waals surface area contributed by atoms with E-state index in [-0.39, 0.29) is 0 Å². The van der Waals surface area contributed by atoms with Gasteiger partial charge in [0.2, 0.25) is 0 Å². The van der Waals surface area contributed by atoms with Crippen LogP contribution in [0.1, 0.15) is 53.3 Å². The van der Waals surface area contributed by atoms with Crippen LogP contribution in [0, 0.1) is 5.92 Å². The molecule has 5 heteroatoms. The number of nitrogens with one attached hydrogen (secondary N) is 2. The predicted molar refractivity (Wildman–Crippen MR) is 88.8 cm³/mol. The summed E-state index contributed by atoms with van der Waals surface area (Å²) in [6, 6.07) is 1.90. The molecule has 0 amide bonds. The van der Waals surface area contributed by atoms with Gasteiger partial charge in [-0.25, -0.2) is 9.97 Å². The summed E-state index contributed by atoms with van der Waals surface area (Å²) >= 11 is 0. The van der Waals surface area contributed by atoms with Crippen LogP contribution in [0.4, 0.5) is 11.6 Å². The fourth-order valence-corrected chi connectivity index (χ4v) is 2.32. The molecular formula is C16H30N4O. The Kier molecular flexibility index (Phi) is 6.89. The molecule has 0 aromatic carbocycles. The summed E-state index contributed by atoms with van der Waals surface area (Å²) in [5, 5.41) is 16.9. The quantitative estimate of drug-likeness (QED) is 0.653. The van der Waals surface area contributed by atoms with Crippen LogP contribution >= 0.6 is 0 Å². The molecule has 0 fully saturated rings. The van der Waals surface area contributed by atoms with Crippen LogP contribution < -0.4 is 10.6 Å². The highest BCUT2D eigenvalue weighted by atomic mass is 16.3. The average Bonchev–Trinajstić information content (AvgIpc) is 2.41. The number of nitrogens with zero attached hydrogens (tertiary/aromatic N) is 2. The van der Waals surface area contributed by atoms with E-state index in [2.05, 4.69) is 41.4 Å². The zero-order valence-corrected chi connectivity index (χ0v) is 14.0. The van der Waals surface area contributed by atoms with Crippen molar-refractivity contribution in [1.29, 1.82) is 0 Å². The highest BCUT2D eigenvalue weighted by Gasteiger charge is 2.21. The van der Waals surface area contributed by atoms with Gasteiger partial charge in [0, 0.05) is 25.6 Å². The van der Waals surface area contributed by atoms with Crippen molar-refractivity contribution >= 4 is 11.6 Å². The van der Waals surface area contributed by atoms with Crippen LogP contribution in [0.3, 0.4) is 0 Å². The number of hydrogen-bond donors (Lipinski definition) is 3. The lowest BCUT2D eigenvalue weighted by molar-refractivity contribution is 0.0514. The molecule has 1 heterocycles. The molecule has 5 nitrogen and oxygen atoms in total. The number of hydrogen-bond acceptors (Lipinski definition) is 5. The van der Waals surface area contributed by atoms with Crippen LogP contribution in [0.5, 0.6) is 0 Å². The van der Waals surface area contributed by atoms with Gasteiger partial charge in [-0.3, -0.25) is 0 Å². The first-order chi connectivity index (χ1) is 9.86. The lowest BCUT2D eigenvalue weighted by Crippen LogP contribution is -2.35. The molecular weight excluding hydrogens is 264 g/mol. The Hall–Kier alpha value is -1.36. The maximum atomic E-state index is 10.4. The monoisotopic (exact) mass is 294 g/mol. The Morgan fingerprint density at radius 2 is 1.81 bits per heavy atom. The second-order valence-corrected chi connectivity index (χ2v) is 6.28. The summed E-state index contributed by atoms with van der Waals surface area (Å²) in [6.07, 6.45) is 2.60. The van der Waals surface area contributed by atoms with Crippen LogP contribution in [0.25, 0.3) is 0 Å². The molecule has 0 aliphatic rings. The Morgan fingerprint density at radius 3 is 2.33 bits per heavy atom. The van der Waals surface area contributed by atoms with Gasteiger partial charge in [-0.1, -0.05) is 27.7 Å². The van der Waals surface area contributed by atoms with Crippen molar-refractivity contribution in [3.05, 3.63) is 11.9 Å². The number of anilines is 2. The van der Waals surface area contributed by atoms with E-state index < -0.39 is 5.60 Å². The molecule has 120 valence electrons. The summed E-state index contributed by atoms with van der Waals surface area (Å²) in [6.45, 7) is 11.6. The Labute approximate surface area is 128 Å². The first-order valence-corrected chi connectivity index (χ1v) is 7.94. The molecule has 1 unspecified atom stereocenters. The zero-order valence-electron chi connectivity index (χ0n) is 14.0. The van der Waals surface area contributed by atoms with Gasteiger partial charge in [-0.15, -0.1) is 0 Å². The van der Waals surface area contributed by atoms with E-state index in [1.54, 1.807) is 0 Å². The smallest absolute Gasteiger partial charge is 0.132 e. The number of rotatable bonds is 9. The molecule has 0 spiro atoms. The maximum absolute atomic E-state index is 10.4. The van der Waals surface area contributed by atoms with E-state index in [9.17, 15) is 5.11 Å². The summed E-state index contributed by atoms with van der Waals surface area (Å²) < 4.78 is 0. The van der Waals surface area contributed by atoms with Gasteiger partial charge in [0.15, 0.2) is 0 Å². The fraction of sp³-hybridized carbons (Fsp3) is 0.750. The van der Waals surface area contributed by atoms with Crippen LogP contribution in [-0.2, 0) is 6.42 Å². The van der Waals surface area contributed by atoms with E-state index >= 15 is 0 Å². The molecule has 0 saturated carbocycles. The van der Waals surface area contributed by atoms with E-state index in [1.165, 1.54) is 0 Å². The standard InChI is InChI=1S/C16H30N4O/c1-6-8-17-14-9-15(20-13(7-2)19-14)18-11-16(5,21)10-12(3)4/h9,12,21H,6-8,10-11H2,1-5H3,(H2,17,18,19,20). The molecule has 0 aliphatic heterocycles. The first kappa shape index (κ1) is 17.7. The van der Waals surface area contributed by atoms with E-state index in [0.29, 0.717) is 12.5 Å². The summed E-state index contributed by atoms with van der Waals surface area (Å²) in [7, 11) is 0. The van der Waals surface area contributed by atoms with Gasteiger partial charge in [-0.05, 0) is 25.7 Å². The van der Waals surface area contributed by atoms with Crippen molar-refractivity contribution in [2.75, 3.05) is 23.7 Å². The van der Waals surface area contributed by atoms with Crippen molar-refractivity contribution < 1.29 is 5.11 Å². The molecule has 1 aromatic heterocycles. The van der Waals surface area contributed by atoms with E-state index in [4.69, 9.17) is 0 Å². The van der Waals surface area contributed by atoms with Crippen molar-refractivity contribution in [3.8, 4) is 0 Å². The van der Waals surface area contributed by atoms with E-state index in [1.807, 2.05) is 19.9 Å². The SMILES string of the molecule is CCCNc1cc(NCC(C)(O)CC(C)C)nc(CC)n1. The second-order valence-electron chi connectivity index (χ2n) is 6.28. The Balaban J connectivity index is 2.73. The van der Waals surface area contributed by atoms with Gasteiger partial charge in [-0.2, -0.15) is 0 Å². The topological polar surface area (TPSA) is 70.1 Å². The molecule has 3 N–H and O–H groups in total. The molecule has 0 aliphatic carbocycles. The minimum Gasteiger partial charge on any atom is -0.388 e. The molecule has 21 heavy (non-hydrogen) atoms. The Bertz CT molecular complexity index is 432. The minimum absolute atomic E-state index is 0.459. The molecule has 1 atom stereocenters. The highest BCUT2D eigenvalue weighted by Crippen LogP contribution is 2.18. The third-order valence-corrected chi connectivity index (χ3v) is 3.14. The number of aliphatic hydroxyl groups is 1. The van der Waals surface area contributed by atoms with Gasteiger partial charge >= 0.3 is 0 Å². The molecule has 1 rings (SSSR count). The molecule has 0 saturated heterocycles. The van der Waals surface area contributed by atoms with Gasteiger partial charge < -0.3 is 15.7 Å². The van der Waals surface area contributed by atoms with Gasteiger partial charge in [0.1, 0.15) is 17.5 Å². The predicted octanol–water partition coefficient (Wildman–Crippen LogP) is 3.07. The third kappa shape index (κ3) is 6.76. The van der Waals surface area contributed by atoms with Crippen molar-refractivity contribution in [3.63, 3.8) is 0 Å². The minimum atomic E-state index is -0.734. The maximum Gasteiger partial charge on any atom is 0.132 e. The Morgan fingerprint density at radius 1 is 1.19 bits per heavy atom. The van der Waals surface area contributed by atoms with Crippen LogP contribution in [0.2, 0.25) is 0 Å². The summed E-state index contributed by atoms with van der Waals surface area (Å²) in [4.78, 5) is 8.93. The largest absolute Gasteiger partial charge is 0.388 e. The molecule has 0 radical (unpaired) electrons. The zero-order chi connectivity index (χ0) is 15.9. The van der Waals surface area contributed by atoms with Crippen LogP contribution in [0.15, 0.2) is 6.07 Å². The summed E-state index contributed by atoms with van der Waals surface area (Å²) in [5.41, 5.74) is -0.734. The van der Waals surface area contributed by atoms with Crippen LogP contribution in [-0.4, -0.2) is 33.8 Å². The molecule has 0 bridgehead atoms. The number of aryl methyl sites for hydroxylation is 1. The molecule has 1 aromatic rings. The average molecular weight is 294 g/mol. The normalized spacial score (nSPS) is 14.0. The third-order valence-electron chi connectivity index (χ3n) is 3.14. The fourth-order valence-electron chi connectivity index (χ4n) is 2.32. The van der Waals surface area contributed by atoms with E-state index in [0.717, 1.165) is 43.3 Å². The van der Waals surface area contributed by atoms with Crippen molar-refractivity contribution in [2.45, 2.75) is 59.5 Å². The summed E-state index contributed by atoms with van der Waals surface area (Å²) in [5.74, 6) is 2.88. The number of aromatic nitrogens is 2. The lowest BCUT2D eigenvalue weighted by atomic mass is 9.94. The van der Waals surface area contributed by atoms with Crippen molar-refractivity contribution in [1.82, 2.24) is 9.97 Å². The van der Waals surface area contributed by atoms with Gasteiger partial charge in [0.25, 0.3) is 0 Å². The lowest BCUT2D eigenvalue weighted by Gasteiger charge is -2.26.